The Kier molecular flexibility index (Phi) is 7.06. The molecule has 0 unspecified atom stereocenters. The second-order valence-electron chi connectivity index (χ2n) is 7.37. The summed E-state index contributed by atoms with van der Waals surface area (Å²) in [5, 5.41) is 10.2. The van der Waals surface area contributed by atoms with E-state index in [1.54, 1.807) is 18.2 Å². The number of aromatic nitrogens is 2. The smallest absolute Gasteiger partial charge is 0.335 e. The molecular formula is C23H23ClN4O2S. The molecule has 160 valence electrons. The first-order valence-electron chi connectivity index (χ1n) is 10.1. The molecule has 0 saturated carbocycles. The number of aromatic carboxylic acids is 1. The van der Waals surface area contributed by atoms with Crippen LogP contribution < -0.4 is 4.90 Å². The van der Waals surface area contributed by atoms with Crippen LogP contribution in [0.2, 0.25) is 5.15 Å². The van der Waals surface area contributed by atoms with Crippen LogP contribution >= 0.6 is 23.4 Å². The minimum Gasteiger partial charge on any atom is -0.478 e. The van der Waals surface area contributed by atoms with Gasteiger partial charge in [0.05, 0.1) is 5.56 Å². The van der Waals surface area contributed by atoms with Crippen molar-refractivity contribution in [3.05, 3.63) is 82.5 Å². The van der Waals surface area contributed by atoms with E-state index in [1.165, 1.54) is 17.3 Å². The van der Waals surface area contributed by atoms with E-state index >= 15 is 0 Å². The van der Waals surface area contributed by atoms with Crippen molar-refractivity contribution in [2.24, 2.45) is 0 Å². The number of carbonyl (C=O) groups is 1. The normalized spacial score (nSPS) is 14.5. The predicted molar refractivity (Wildman–Crippen MR) is 124 cm³/mol. The first-order valence-corrected chi connectivity index (χ1v) is 11.4. The van der Waals surface area contributed by atoms with Crippen LogP contribution in [0.5, 0.6) is 0 Å². The Morgan fingerprint density at radius 2 is 1.71 bits per heavy atom. The highest BCUT2D eigenvalue weighted by Crippen LogP contribution is 2.25. The van der Waals surface area contributed by atoms with Gasteiger partial charge in [-0.3, -0.25) is 4.90 Å². The van der Waals surface area contributed by atoms with Crippen LogP contribution in [0.4, 0.5) is 5.82 Å². The second kappa shape index (κ2) is 10.1. The topological polar surface area (TPSA) is 69.6 Å². The molecule has 6 nitrogen and oxygen atoms in total. The minimum atomic E-state index is -0.931. The molecule has 2 heterocycles. The number of carboxylic acids is 1. The van der Waals surface area contributed by atoms with Crippen LogP contribution in [-0.4, -0.2) is 52.1 Å². The summed E-state index contributed by atoms with van der Waals surface area (Å²) in [6.07, 6.45) is 0. The van der Waals surface area contributed by atoms with Gasteiger partial charge in [-0.1, -0.05) is 65.8 Å². The first-order chi connectivity index (χ1) is 15.1. The van der Waals surface area contributed by atoms with E-state index in [-0.39, 0.29) is 5.56 Å². The number of rotatable bonds is 7. The van der Waals surface area contributed by atoms with Gasteiger partial charge < -0.3 is 10.0 Å². The third-order valence-corrected chi connectivity index (χ3v) is 6.26. The van der Waals surface area contributed by atoms with Gasteiger partial charge in [0, 0.05) is 44.5 Å². The fourth-order valence-electron chi connectivity index (χ4n) is 3.53. The van der Waals surface area contributed by atoms with E-state index < -0.39 is 5.97 Å². The lowest BCUT2D eigenvalue weighted by Crippen LogP contribution is -2.46. The van der Waals surface area contributed by atoms with Gasteiger partial charge in [0.25, 0.3) is 0 Å². The SMILES string of the molecule is O=C(O)c1cccc(CSc2nc(Cl)cc(N3CCN(Cc4ccccc4)CC3)n2)c1. The molecule has 0 radical (unpaired) electrons. The molecule has 1 saturated heterocycles. The molecule has 0 spiro atoms. The Balaban J connectivity index is 1.37. The number of nitrogens with zero attached hydrogens (tertiary/aromatic N) is 4. The number of carboxylic acid groups (broad SMARTS) is 1. The van der Waals surface area contributed by atoms with Crippen molar-refractivity contribution in [1.82, 2.24) is 14.9 Å². The Bertz CT molecular complexity index is 1040. The Morgan fingerprint density at radius 3 is 2.45 bits per heavy atom. The Morgan fingerprint density at radius 1 is 0.968 bits per heavy atom. The highest BCUT2D eigenvalue weighted by atomic mass is 35.5. The van der Waals surface area contributed by atoms with Crippen molar-refractivity contribution in [3.63, 3.8) is 0 Å². The number of thioether (sulfide) groups is 1. The van der Waals surface area contributed by atoms with Crippen LogP contribution in [0.3, 0.4) is 0 Å². The molecule has 4 rings (SSSR count). The zero-order chi connectivity index (χ0) is 21.6. The standard InChI is InChI=1S/C23H23ClN4O2S/c24-20-14-21(28-11-9-27(10-12-28)15-17-5-2-1-3-6-17)26-23(25-20)31-16-18-7-4-8-19(13-18)22(29)30/h1-8,13-14H,9-12,15-16H2,(H,29,30). The van der Waals surface area contributed by atoms with Crippen LogP contribution in [0.15, 0.2) is 65.8 Å². The lowest BCUT2D eigenvalue weighted by atomic mass is 10.1. The molecule has 0 bridgehead atoms. The molecule has 1 fully saturated rings. The Hall–Kier alpha value is -2.61. The summed E-state index contributed by atoms with van der Waals surface area (Å²) >= 11 is 7.73. The largest absolute Gasteiger partial charge is 0.478 e. The van der Waals surface area contributed by atoms with Gasteiger partial charge in [-0.2, -0.15) is 0 Å². The monoisotopic (exact) mass is 454 g/mol. The zero-order valence-electron chi connectivity index (χ0n) is 16.9. The zero-order valence-corrected chi connectivity index (χ0v) is 18.5. The maximum absolute atomic E-state index is 11.2. The average Bonchev–Trinajstić information content (AvgIpc) is 2.79. The summed E-state index contributed by atoms with van der Waals surface area (Å²) < 4.78 is 0. The number of piperazine rings is 1. The van der Waals surface area contributed by atoms with Gasteiger partial charge in [0.15, 0.2) is 5.16 Å². The highest BCUT2D eigenvalue weighted by Gasteiger charge is 2.19. The van der Waals surface area contributed by atoms with Crippen LogP contribution in [0.1, 0.15) is 21.5 Å². The summed E-state index contributed by atoms with van der Waals surface area (Å²) in [6.45, 7) is 4.63. The summed E-state index contributed by atoms with van der Waals surface area (Å²) in [5.74, 6) is 0.479. The molecule has 31 heavy (non-hydrogen) atoms. The summed E-state index contributed by atoms with van der Waals surface area (Å²) in [5.41, 5.74) is 2.51. The molecule has 8 heteroatoms. The number of hydrogen-bond donors (Lipinski definition) is 1. The molecule has 1 aromatic heterocycles. The molecule has 0 aliphatic carbocycles. The molecule has 1 N–H and O–H groups in total. The van der Waals surface area contributed by atoms with E-state index in [0.717, 1.165) is 44.1 Å². The summed E-state index contributed by atoms with van der Waals surface area (Å²) in [4.78, 5) is 24.9. The predicted octanol–water partition coefficient (Wildman–Crippen LogP) is 4.44. The van der Waals surface area contributed by atoms with Crippen molar-refractivity contribution in [2.45, 2.75) is 17.5 Å². The molecule has 0 atom stereocenters. The van der Waals surface area contributed by atoms with E-state index in [0.29, 0.717) is 16.1 Å². The molecule has 3 aromatic rings. The van der Waals surface area contributed by atoms with Crippen LogP contribution in [-0.2, 0) is 12.3 Å². The van der Waals surface area contributed by atoms with Crippen LogP contribution in [0, 0.1) is 0 Å². The molecule has 2 aromatic carbocycles. The maximum atomic E-state index is 11.2. The van der Waals surface area contributed by atoms with Gasteiger partial charge in [-0.05, 0) is 23.3 Å². The van der Waals surface area contributed by atoms with Crippen molar-refractivity contribution in [3.8, 4) is 0 Å². The van der Waals surface area contributed by atoms with Gasteiger partial charge >= 0.3 is 5.97 Å². The van der Waals surface area contributed by atoms with Gasteiger partial charge in [-0.15, -0.1) is 0 Å². The molecule has 1 aliphatic rings. The fourth-order valence-corrected chi connectivity index (χ4v) is 4.55. The minimum absolute atomic E-state index is 0.277. The quantitative estimate of drug-likeness (QED) is 0.321. The Labute approximate surface area is 190 Å². The highest BCUT2D eigenvalue weighted by molar-refractivity contribution is 7.98. The summed E-state index contributed by atoms with van der Waals surface area (Å²) in [6, 6.07) is 19.2. The second-order valence-corrected chi connectivity index (χ2v) is 8.70. The maximum Gasteiger partial charge on any atom is 0.335 e. The van der Waals surface area contributed by atoms with E-state index in [1.807, 2.05) is 18.2 Å². The number of benzene rings is 2. The first kappa shape index (κ1) is 21.6. The van der Waals surface area contributed by atoms with Gasteiger partial charge in [0.1, 0.15) is 11.0 Å². The number of halogens is 1. The third-order valence-electron chi connectivity index (χ3n) is 5.15. The summed E-state index contributed by atoms with van der Waals surface area (Å²) in [7, 11) is 0. The van der Waals surface area contributed by atoms with Crippen molar-refractivity contribution in [2.75, 3.05) is 31.1 Å². The van der Waals surface area contributed by atoms with Crippen LogP contribution in [0.25, 0.3) is 0 Å². The lowest BCUT2D eigenvalue weighted by Gasteiger charge is -2.35. The molecular weight excluding hydrogens is 432 g/mol. The van der Waals surface area contributed by atoms with Gasteiger partial charge in [-0.25, -0.2) is 14.8 Å². The van der Waals surface area contributed by atoms with Crippen molar-refractivity contribution in [1.29, 1.82) is 0 Å². The third kappa shape index (κ3) is 5.97. The number of anilines is 1. The number of hydrogen-bond acceptors (Lipinski definition) is 6. The lowest BCUT2D eigenvalue weighted by molar-refractivity contribution is 0.0696. The van der Waals surface area contributed by atoms with E-state index in [2.05, 4.69) is 39.0 Å². The molecule has 0 amide bonds. The fraction of sp³-hybridized carbons (Fsp3) is 0.261. The van der Waals surface area contributed by atoms with Crippen molar-refractivity contribution >= 4 is 35.1 Å². The van der Waals surface area contributed by atoms with Crippen molar-refractivity contribution < 1.29 is 9.90 Å². The molecule has 1 aliphatic heterocycles. The van der Waals surface area contributed by atoms with E-state index in [9.17, 15) is 4.79 Å². The average molecular weight is 455 g/mol. The van der Waals surface area contributed by atoms with E-state index in [4.69, 9.17) is 21.7 Å². The van der Waals surface area contributed by atoms with Gasteiger partial charge in [0.2, 0.25) is 0 Å².